The molecule has 0 aromatic carbocycles. The normalized spacial score (nSPS) is 11.1. The van der Waals surface area contributed by atoms with Crippen molar-refractivity contribution >= 4 is 33.9 Å². The molecule has 8 heteroatoms. The van der Waals surface area contributed by atoms with E-state index in [4.69, 9.17) is 4.74 Å². The number of amides is 1. The van der Waals surface area contributed by atoms with Gasteiger partial charge in [0.2, 0.25) is 5.91 Å². The number of fused-ring (bicyclic) bond motifs is 1. The highest BCUT2D eigenvalue weighted by Gasteiger charge is 2.22. The summed E-state index contributed by atoms with van der Waals surface area (Å²) in [4.78, 5) is 30.2. The average Bonchev–Trinajstić information content (AvgIpc) is 3.13. The first kappa shape index (κ1) is 20.0. The van der Waals surface area contributed by atoms with Crippen molar-refractivity contribution in [2.24, 2.45) is 0 Å². The number of nitrogens with zero attached hydrogens (tertiary/aromatic N) is 3. The number of methoxy groups -OCH3 is 1. The third-order valence-corrected chi connectivity index (χ3v) is 6.04. The van der Waals surface area contributed by atoms with Crippen molar-refractivity contribution in [3.05, 3.63) is 44.7 Å². The van der Waals surface area contributed by atoms with Crippen LogP contribution in [0.15, 0.2) is 6.07 Å². The zero-order chi connectivity index (χ0) is 20.6. The van der Waals surface area contributed by atoms with Crippen LogP contribution in [-0.4, -0.2) is 33.6 Å². The van der Waals surface area contributed by atoms with Crippen LogP contribution in [0.1, 0.15) is 49.9 Å². The predicted molar refractivity (Wildman–Crippen MR) is 109 cm³/mol. The van der Waals surface area contributed by atoms with E-state index in [0.29, 0.717) is 17.0 Å². The molecule has 0 saturated carbocycles. The Kier molecular flexibility index (Phi) is 5.51. The maximum Gasteiger partial charge on any atom is 0.341 e. The van der Waals surface area contributed by atoms with Gasteiger partial charge in [0.05, 0.1) is 18.4 Å². The fourth-order valence-electron chi connectivity index (χ4n) is 3.29. The van der Waals surface area contributed by atoms with Crippen LogP contribution in [0.3, 0.4) is 0 Å². The highest BCUT2D eigenvalue weighted by Crippen LogP contribution is 2.33. The molecule has 1 N–H and O–H groups in total. The first-order chi connectivity index (χ1) is 13.2. The summed E-state index contributed by atoms with van der Waals surface area (Å²) in [5.41, 5.74) is 5.88. The lowest BCUT2D eigenvalue weighted by atomic mass is 10.1. The number of carbonyl (C=O) groups excluding carboxylic acids is 2. The standard InChI is InChI=1S/C20H24N4O3S/c1-10-9-16-21-12(3)15(13(4)24(16)23-10)7-8-17(25)22-19-18(20(26)27-6)11(2)14(5)28-19/h9H,7-8H2,1-6H3,(H,22,25). The number of thiophene rings is 1. The Morgan fingerprint density at radius 2 is 1.93 bits per heavy atom. The maximum absolute atomic E-state index is 12.6. The second-order valence-corrected chi connectivity index (χ2v) is 8.07. The number of anilines is 1. The monoisotopic (exact) mass is 400 g/mol. The lowest BCUT2D eigenvalue weighted by Crippen LogP contribution is -2.16. The van der Waals surface area contributed by atoms with Gasteiger partial charge >= 0.3 is 5.97 Å². The molecule has 3 aromatic heterocycles. The van der Waals surface area contributed by atoms with E-state index in [2.05, 4.69) is 15.4 Å². The Labute approximate surface area is 167 Å². The van der Waals surface area contributed by atoms with Crippen molar-refractivity contribution in [3.8, 4) is 0 Å². The molecule has 3 heterocycles. The molecule has 7 nitrogen and oxygen atoms in total. The first-order valence-corrected chi connectivity index (χ1v) is 9.85. The number of aromatic nitrogens is 3. The molecule has 148 valence electrons. The molecule has 0 atom stereocenters. The summed E-state index contributed by atoms with van der Waals surface area (Å²) in [6.45, 7) is 9.64. The molecule has 0 spiro atoms. The third kappa shape index (κ3) is 3.64. The number of rotatable bonds is 5. The van der Waals surface area contributed by atoms with E-state index < -0.39 is 5.97 Å². The van der Waals surface area contributed by atoms with Gasteiger partial charge in [-0.3, -0.25) is 4.79 Å². The van der Waals surface area contributed by atoms with Crippen LogP contribution in [0.2, 0.25) is 0 Å². The molecule has 0 bridgehead atoms. The van der Waals surface area contributed by atoms with Gasteiger partial charge in [0.15, 0.2) is 5.65 Å². The summed E-state index contributed by atoms with van der Waals surface area (Å²) in [5.74, 6) is -0.588. The van der Waals surface area contributed by atoms with Crippen molar-refractivity contribution < 1.29 is 14.3 Å². The van der Waals surface area contributed by atoms with Crippen LogP contribution in [0.25, 0.3) is 5.65 Å². The molecule has 0 unspecified atom stereocenters. The first-order valence-electron chi connectivity index (χ1n) is 9.03. The molecule has 0 saturated heterocycles. The smallest absolute Gasteiger partial charge is 0.341 e. The van der Waals surface area contributed by atoms with Gasteiger partial charge in [0.25, 0.3) is 0 Å². The summed E-state index contributed by atoms with van der Waals surface area (Å²) in [7, 11) is 1.34. The minimum absolute atomic E-state index is 0.151. The summed E-state index contributed by atoms with van der Waals surface area (Å²) >= 11 is 1.39. The minimum atomic E-state index is -0.437. The molecule has 0 fully saturated rings. The van der Waals surface area contributed by atoms with Crippen LogP contribution >= 0.6 is 11.3 Å². The Hall–Kier alpha value is -2.74. The van der Waals surface area contributed by atoms with Crippen LogP contribution < -0.4 is 5.32 Å². The predicted octanol–water partition coefficient (Wildman–Crippen LogP) is 3.69. The van der Waals surface area contributed by atoms with Crippen molar-refractivity contribution in [2.45, 2.75) is 47.5 Å². The van der Waals surface area contributed by atoms with Crippen molar-refractivity contribution in [3.63, 3.8) is 0 Å². The molecule has 0 aliphatic heterocycles. The highest BCUT2D eigenvalue weighted by molar-refractivity contribution is 7.16. The molecule has 0 aliphatic carbocycles. The molecular formula is C20H24N4O3S. The van der Waals surface area contributed by atoms with E-state index in [1.54, 1.807) is 0 Å². The molecule has 0 radical (unpaired) electrons. The van der Waals surface area contributed by atoms with Crippen LogP contribution in [0.5, 0.6) is 0 Å². The van der Waals surface area contributed by atoms with E-state index in [1.807, 2.05) is 45.2 Å². The molecular weight excluding hydrogens is 376 g/mol. The number of ether oxygens (including phenoxy) is 1. The number of esters is 1. The summed E-state index contributed by atoms with van der Waals surface area (Å²) < 4.78 is 6.67. The summed E-state index contributed by atoms with van der Waals surface area (Å²) in [5, 5.41) is 7.88. The minimum Gasteiger partial charge on any atom is -0.465 e. The third-order valence-electron chi connectivity index (χ3n) is 4.92. The van der Waals surface area contributed by atoms with Gasteiger partial charge in [-0.1, -0.05) is 0 Å². The summed E-state index contributed by atoms with van der Waals surface area (Å²) in [6.07, 6.45) is 0.827. The number of hydrogen-bond acceptors (Lipinski definition) is 6. The van der Waals surface area contributed by atoms with Gasteiger partial charge in [-0.2, -0.15) is 5.10 Å². The Balaban J connectivity index is 1.78. The molecule has 1 amide bonds. The summed E-state index contributed by atoms with van der Waals surface area (Å²) in [6, 6.07) is 1.94. The van der Waals surface area contributed by atoms with Gasteiger partial charge in [-0.25, -0.2) is 14.3 Å². The SMILES string of the molecule is COC(=O)c1c(NC(=O)CCc2c(C)nc3cc(C)nn3c2C)sc(C)c1C. The number of carbonyl (C=O) groups is 2. The Morgan fingerprint density at radius 1 is 1.21 bits per heavy atom. The average molecular weight is 401 g/mol. The fourth-order valence-corrected chi connectivity index (χ4v) is 4.36. The second kappa shape index (κ2) is 7.71. The zero-order valence-corrected chi connectivity index (χ0v) is 17.8. The topological polar surface area (TPSA) is 85.6 Å². The second-order valence-electron chi connectivity index (χ2n) is 6.84. The van der Waals surface area contributed by atoms with E-state index in [1.165, 1.54) is 18.4 Å². The van der Waals surface area contributed by atoms with Gasteiger partial charge in [-0.05, 0) is 52.2 Å². The lowest BCUT2D eigenvalue weighted by Gasteiger charge is -2.11. The molecule has 0 aliphatic rings. The van der Waals surface area contributed by atoms with E-state index in [0.717, 1.165) is 38.7 Å². The van der Waals surface area contributed by atoms with E-state index in [9.17, 15) is 9.59 Å². The van der Waals surface area contributed by atoms with Crippen LogP contribution in [0.4, 0.5) is 5.00 Å². The lowest BCUT2D eigenvalue weighted by molar-refractivity contribution is -0.116. The molecule has 28 heavy (non-hydrogen) atoms. The van der Waals surface area contributed by atoms with Crippen molar-refractivity contribution in [2.75, 3.05) is 12.4 Å². The largest absolute Gasteiger partial charge is 0.465 e. The van der Waals surface area contributed by atoms with Gasteiger partial charge in [0, 0.05) is 28.8 Å². The fraction of sp³-hybridized carbons (Fsp3) is 0.400. The molecule has 3 aromatic rings. The van der Waals surface area contributed by atoms with Crippen LogP contribution in [-0.2, 0) is 16.0 Å². The van der Waals surface area contributed by atoms with Crippen molar-refractivity contribution in [1.29, 1.82) is 0 Å². The highest BCUT2D eigenvalue weighted by atomic mass is 32.1. The molecule has 3 rings (SSSR count). The number of aryl methyl sites for hydroxylation is 4. The van der Waals surface area contributed by atoms with E-state index >= 15 is 0 Å². The van der Waals surface area contributed by atoms with E-state index in [-0.39, 0.29) is 12.3 Å². The maximum atomic E-state index is 12.6. The Bertz CT molecular complexity index is 1080. The van der Waals surface area contributed by atoms with Crippen molar-refractivity contribution in [1.82, 2.24) is 14.6 Å². The number of hydrogen-bond donors (Lipinski definition) is 1. The quantitative estimate of drug-likeness (QED) is 0.660. The van der Waals surface area contributed by atoms with Gasteiger partial charge in [0.1, 0.15) is 5.00 Å². The Morgan fingerprint density at radius 3 is 2.61 bits per heavy atom. The van der Waals surface area contributed by atoms with Gasteiger partial charge < -0.3 is 10.1 Å². The number of nitrogens with one attached hydrogen (secondary N) is 1. The zero-order valence-electron chi connectivity index (χ0n) is 17.0. The van der Waals surface area contributed by atoms with Gasteiger partial charge in [-0.15, -0.1) is 11.3 Å². The van der Waals surface area contributed by atoms with Crippen LogP contribution in [0, 0.1) is 34.6 Å².